The predicted octanol–water partition coefficient (Wildman–Crippen LogP) is 9.39. The summed E-state index contributed by atoms with van der Waals surface area (Å²) in [7, 11) is 0. The number of benzene rings is 2. The van der Waals surface area contributed by atoms with E-state index in [1.807, 2.05) is 13.8 Å². The average molecular weight is 464 g/mol. The minimum Gasteiger partial charge on any atom is -0.313 e. The fourth-order valence-electron chi connectivity index (χ4n) is 6.58. The van der Waals surface area contributed by atoms with Crippen molar-refractivity contribution >= 4 is 0 Å². The molecule has 2 aromatic rings. The van der Waals surface area contributed by atoms with E-state index in [9.17, 15) is 0 Å². The Kier molecular flexibility index (Phi) is 11.4. The second-order valence-corrected chi connectivity index (χ2v) is 11.5. The van der Waals surface area contributed by atoms with Crippen molar-refractivity contribution < 1.29 is 0 Å². The molecule has 0 spiro atoms. The molecule has 3 rings (SSSR count). The molecule has 1 N–H and O–H groups in total. The van der Waals surface area contributed by atoms with Crippen LogP contribution in [0.3, 0.4) is 0 Å². The van der Waals surface area contributed by atoms with Crippen LogP contribution in [0.2, 0.25) is 0 Å². The van der Waals surface area contributed by atoms with Gasteiger partial charge in [0.15, 0.2) is 0 Å². The molecule has 1 atom stereocenters. The van der Waals surface area contributed by atoms with Crippen molar-refractivity contribution in [2.45, 2.75) is 106 Å². The van der Waals surface area contributed by atoms with E-state index < -0.39 is 0 Å². The second kappa shape index (κ2) is 13.5. The van der Waals surface area contributed by atoms with Gasteiger partial charge in [-0.2, -0.15) is 0 Å². The fraction of sp³-hybridized carbons (Fsp3) is 0.636. The minimum atomic E-state index is 0.425. The SMILES string of the molecule is CC.CC(C)C(c1ccc(C(c2ccc(C(C(C)C)C(C)C)cc2)C2CCCN2)cc1)C(C)C. The van der Waals surface area contributed by atoms with Gasteiger partial charge in [-0.15, -0.1) is 0 Å². The first-order valence-electron chi connectivity index (χ1n) is 14.1. The molecular weight excluding hydrogens is 410 g/mol. The van der Waals surface area contributed by atoms with Crippen LogP contribution < -0.4 is 5.32 Å². The normalized spacial score (nSPS) is 16.4. The highest BCUT2D eigenvalue weighted by molar-refractivity contribution is 5.39. The third-order valence-electron chi connectivity index (χ3n) is 7.73. The summed E-state index contributed by atoms with van der Waals surface area (Å²) in [6.45, 7) is 24.0. The van der Waals surface area contributed by atoms with Gasteiger partial charge in [0.25, 0.3) is 0 Å². The Balaban J connectivity index is 0.00000199. The molecule has 190 valence electrons. The summed E-state index contributed by atoms with van der Waals surface area (Å²) in [5.74, 6) is 4.32. The van der Waals surface area contributed by atoms with Crippen molar-refractivity contribution in [1.82, 2.24) is 5.32 Å². The highest BCUT2D eigenvalue weighted by Gasteiger charge is 2.29. The quantitative estimate of drug-likeness (QED) is 0.390. The van der Waals surface area contributed by atoms with Gasteiger partial charge in [-0.25, -0.2) is 0 Å². The van der Waals surface area contributed by atoms with Gasteiger partial charge in [0.2, 0.25) is 0 Å². The smallest absolute Gasteiger partial charge is 0.0243 e. The van der Waals surface area contributed by atoms with Crippen LogP contribution in [0.5, 0.6) is 0 Å². The first kappa shape index (κ1) is 28.6. The van der Waals surface area contributed by atoms with Crippen LogP contribution in [-0.4, -0.2) is 12.6 Å². The van der Waals surface area contributed by atoms with Gasteiger partial charge in [-0.3, -0.25) is 0 Å². The maximum atomic E-state index is 3.80. The van der Waals surface area contributed by atoms with Gasteiger partial charge in [0.05, 0.1) is 0 Å². The standard InChI is InChI=1S/C31H47N.C2H6/c1-20(2)29(21(3)4)24-11-15-26(16-12-24)31(28-10-9-19-32-28)27-17-13-25(14-18-27)30(22(5)6)23(7)8;1-2/h11-18,20-23,28-32H,9-10,19H2,1-8H3;1-2H3. The summed E-state index contributed by atoms with van der Waals surface area (Å²) >= 11 is 0. The molecule has 2 aromatic carbocycles. The summed E-state index contributed by atoms with van der Waals surface area (Å²) in [6.07, 6.45) is 2.54. The zero-order valence-electron chi connectivity index (χ0n) is 23.9. The van der Waals surface area contributed by atoms with E-state index in [1.54, 1.807) is 0 Å². The first-order chi connectivity index (χ1) is 16.2. The van der Waals surface area contributed by atoms with Gasteiger partial charge in [-0.1, -0.05) is 118 Å². The lowest BCUT2D eigenvalue weighted by atomic mass is 9.77. The van der Waals surface area contributed by atoms with Crippen molar-refractivity contribution in [3.63, 3.8) is 0 Å². The molecule has 1 aliphatic rings. The minimum absolute atomic E-state index is 0.425. The summed E-state index contributed by atoms with van der Waals surface area (Å²) < 4.78 is 0. The highest BCUT2D eigenvalue weighted by Crippen LogP contribution is 2.37. The summed E-state index contributed by atoms with van der Waals surface area (Å²) in [5.41, 5.74) is 5.89. The molecule has 0 bridgehead atoms. The molecule has 1 aliphatic heterocycles. The summed E-state index contributed by atoms with van der Waals surface area (Å²) in [6, 6.07) is 19.8. The molecule has 1 fully saturated rings. The third kappa shape index (κ3) is 6.97. The van der Waals surface area contributed by atoms with E-state index >= 15 is 0 Å². The Morgan fingerprint density at radius 2 is 0.882 bits per heavy atom. The van der Waals surface area contributed by atoms with E-state index in [2.05, 4.69) is 109 Å². The number of hydrogen-bond acceptors (Lipinski definition) is 1. The Morgan fingerprint density at radius 1 is 0.559 bits per heavy atom. The van der Waals surface area contributed by atoms with Crippen LogP contribution in [0.25, 0.3) is 0 Å². The van der Waals surface area contributed by atoms with E-state index in [0.29, 0.717) is 47.5 Å². The Labute approximate surface area is 212 Å². The molecule has 0 aromatic heterocycles. The molecule has 1 saturated heterocycles. The lowest BCUT2D eigenvalue weighted by Crippen LogP contribution is -2.29. The largest absolute Gasteiger partial charge is 0.313 e. The first-order valence-corrected chi connectivity index (χ1v) is 14.1. The number of rotatable bonds is 9. The van der Waals surface area contributed by atoms with Gasteiger partial charge in [0, 0.05) is 12.0 Å². The average Bonchev–Trinajstić information content (AvgIpc) is 3.31. The van der Waals surface area contributed by atoms with E-state index in [-0.39, 0.29) is 0 Å². The van der Waals surface area contributed by atoms with Gasteiger partial charge >= 0.3 is 0 Å². The van der Waals surface area contributed by atoms with E-state index in [0.717, 1.165) is 6.54 Å². The number of nitrogens with one attached hydrogen (secondary N) is 1. The Hall–Kier alpha value is -1.60. The maximum Gasteiger partial charge on any atom is 0.0243 e. The zero-order chi connectivity index (χ0) is 25.4. The number of hydrogen-bond donors (Lipinski definition) is 1. The zero-order valence-corrected chi connectivity index (χ0v) is 23.9. The second-order valence-electron chi connectivity index (χ2n) is 11.5. The van der Waals surface area contributed by atoms with Crippen molar-refractivity contribution in [3.05, 3.63) is 70.8 Å². The molecule has 1 nitrogen and oxygen atoms in total. The van der Waals surface area contributed by atoms with Crippen LogP contribution in [0.1, 0.15) is 122 Å². The fourth-order valence-corrected chi connectivity index (χ4v) is 6.58. The van der Waals surface area contributed by atoms with Gasteiger partial charge in [-0.05, 0) is 77.1 Å². The predicted molar refractivity (Wildman–Crippen MR) is 152 cm³/mol. The van der Waals surface area contributed by atoms with Crippen molar-refractivity contribution in [1.29, 1.82) is 0 Å². The van der Waals surface area contributed by atoms with Crippen molar-refractivity contribution in [3.8, 4) is 0 Å². The van der Waals surface area contributed by atoms with Crippen LogP contribution in [0.15, 0.2) is 48.5 Å². The molecule has 0 amide bonds. The molecule has 34 heavy (non-hydrogen) atoms. The van der Waals surface area contributed by atoms with E-state index in [4.69, 9.17) is 0 Å². The van der Waals surface area contributed by atoms with Gasteiger partial charge < -0.3 is 5.32 Å². The van der Waals surface area contributed by atoms with E-state index in [1.165, 1.54) is 35.1 Å². The Morgan fingerprint density at radius 3 is 1.15 bits per heavy atom. The van der Waals surface area contributed by atoms with Crippen LogP contribution in [0.4, 0.5) is 0 Å². The van der Waals surface area contributed by atoms with Gasteiger partial charge in [0.1, 0.15) is 0 Å². The molecule has 1 unspecified atom stereocenters. The lowest BCUT2D eigenvalue weighted by Gasteiger charge is -2.29. The topological polar surface area (TPSA) is 12.0 Å². The molecule has 0 radical (unpaired) electrons. The molecular formula is C33H53N. The lowest BCUT2D eigenvalue weighted by molar-refractivity contribution is 0.387. The monoisotopic (exact) mass is 463 g/mol. The molecule has 0 saturated carbocycles. The van der Waals surface area contributed by atoms with Crippen molar-refractivity contribution in [2.24, 2.45) is 23.7 Å². The molecule has 1 heteroatoms. The third-order valence-corrected chi connectivity index (χ3v) is 7.73. The maximum absolute atomic E-state index is 3.80. The summed E-state index contributed by atoms with van der Waals surface area (Å²) in [4.78, 5) is 0. The summed E-state index contributed by atoms with van der Waals surface area (Å²) in [5, 5.41) is 3.80. The molecule has 0 aliphatic carbocycles. The van der Waals surface area contributed by atoms with Crippen LogP contribution in [-0.2, 0) is 0 Å². The highest BCUT2D eigenvalue weighted by atomic mass is 14.9. The van der Waals surface area contributed by atoms with Crippen molar-refractivity contribution in [2.75, 3.05) is 6.54 Å². The van der Waals surface area contributed by atoms with Crippen LogP contribution >= 0.6 is 0 Å². The Bertz CT molecular complexity index is 727. The van der Waals surface area contributed by atoms with Crippen LogP contribution in [0, 0.1) is 23.7 Å². The molecule has 1 heterocycles.